The van der Waals surface area contributed by atoms with Gasteiger partial charge >= 0.3 is 18.5 Å². The van der Waals surface area contributed by atoms with Crippen molar-refractivity contribution in [3.05, 3.63) is 46.5 Å². The number of alkyl halides is 6. The number of rotatable bonds is 5. The molecule has 4 fully saturated rings. The van der Waals surface area contributed by atoms with E-state index in [-0.39, 0.29) is 35.7 Å². The minimum atomic E-state index is -5.05. The fourth-order valence-corrected chi connectivity index (χ4v) is 9.96. The van der Waals surface area contributed by atoms with Crippen LogP contribution in [0.25, 0.3) is 0 Å². The highest BCUT2D eigenvalue weighted by molar-refractivity contribution is 6.01. The Balaban J connectivity index is 1.12. The monoisotopic (exact) mass is 698 g/mol. The largest absolute Gasteiger partial charge is 0.534 e. The van der Waals surface area contributed by atoms with Crippen LogP contribution in [-0.2, 0) is 31.5 Å². The third-order valence-corrected chi connectivity index (χ3v) is 12.4. The van der Waals surface area contributed by atoms with Crippen LogP contribution >= 0.6 is 0 Å². The highest BCUT2D eigenvalue weighted by Crippen LogP contribution is 2.66. The maximum absolute atomic E-state index is 13.4. The third-order valence-electron chi connectivity index (χ3n) is 12.4. The summed E-state index contributed by atoms with van der Waals surface area (Å²) >= 11 is 0. The smallest absolute Gasteiger partial charge is 0.429 e. The maximum atomic E-state index is 13.4. The zero-order valence-electron chi connectivity index (χ0n) is 27.5. The van der Waals surface area contributed by atoms with Crippen molar-refractivity contribution in [2.24, 2.45) is 34.5 Å². The van der Waals surface area contributed by atoms with Crippen LogP contribution in [0.3, 0.4) is 0 Å². The van der Waals surface area contributed by atoms with Gasteiger partial charge in [0.2, 0.25) is 0 Å². The minimum Gasteiger partial charge on any atom is -0.429 e. The Kier molecular flexibility index (Phi) is 8.87. The molecular formula is C35H40F6N2O6. The van der Waals surface area contributed by atoms with E-state index in [2.05, 4.69) is 25.2 Å². The van der Waals surface area contributed by atoms with Crippen LogP contribution in [0, 0.1) is 34.5 Å². The van der Waals surface area contributed by atoms with Crippen molar-refractivity contribution in [2.45, 2.75) is 109 Å². The average Bonchev–Trinajstić information content (AvgIpc) is 3.54. The van der Waals surface area contributed by atoms with E-state index < -0.39 is 65.1 Å². The van der Waals surface area contributed by atoms with Gasteiger partial charge in [-0.1, -0.05) is 30.6 Å². The first-order chi connectivity index (χ1) is 22.8. The summed E-state index contributed by atoms with van der Waals surface area (Å²) in [4.78, 5) is 54.0. The Morgan fingerprint density at radius 2 is 1.53 bits per heavy atom. The van der Waals surface area contributed by atoms with E-state index in [9.17, 15) is 45.5 Å². The quantitative estimate of drug-likeness (QED) is 0.145. The van der Waals surface area contributed by atoms with Crippen LogP contribution in [0.4, 0.5) is 31.1 Å². The second kappa shape index (κ2) is 12.3. The first-order valence-electron chi connectivity index (χ1n) is 16.9. The fraction of sp³-hybridized carbons (Fsp3) is 0.657. The van der Waals surface area contributed by atoms with Gasteiger partial charge in [0.05, 0.1) is 11.1 Å². The van der Waals surface area contributed by atoms with Crippen molar-refractivity contribution in [3.63, 3.8) is 0 Å². The molecule has 0 spiro atoms. The number of nitrogens with zero attached hydrogens (tertiary/aromatic N) is 1. The van der Waals surface area contributed by atoms with E-state index in [1.54, 1.807) is 6.92 Å². The summed E-state index contributed by atoms with van der Waals surface area (Å²) in [7, 11) is 0. The van der Waals surface area contributed by atoms with Crippen LogP contribution in [0.1, 0.15) is 106 Å². The Hall–Kier alpha value is -3.58. The van der Waals surface area contributed by atoms with Crippen LogP contribution in [0.2, 0.25) is 0 Å². The summed E-state index contributed by atoms with van der Waals surface area (Å²) in [5.41, 5.74) is -2.83. The molecule has 1 N–H and O–H groups in total. The Labute approximate surface area is 279 Å². The summed E-state index contributed by atoms with van der Waals surface area (Å²) in [6.07, 6.45) is -3.25. The SMILES string of the molecule is C[C@H](NC(=O)c1cc(C(F)(F)F)cc(C(F)(F)F)c1)[C@H]1CC[C@H]2[C@@H]3CC=C4C[C@@H](OC(=O)ON5C(=O)CCC5=O)CC[C@]4(C)[C@H]3CC[C@]12C. The van der Waals surface area contributed by atoms with E-state index in [0.717, 1.165) is 38.5 Å². The molecule has 8 atom stereocenters. The lowest BCUT2D eigenvalue weighted by Gasteiger charge is -2.58. The fourth-order valence-electron chi connectivity index (χ4n) is 9.96. The van der Waals surface area contributed by atoms with E-state index in [0.29, 0.717) is 47.8 Å². The number of halogens is 6. The number of benzene rings is 1. The molecule has 3 amide bonds. The molecule has 1 aromatic carbocycles. The molecule has 4 aliphatic carbocycles. The Morgan fingerprint density at radius 3 is 2.14 bits per heavy atom. The van der Waals surface area contributed by atoms with Crippen molar-refractivity contribution in [1.29, 1.82) is 0 Å². The molecule has 0 radical (unpaired) electrons. The van der Waals surface area contributed by atoms with Gasteiger partial charge in [-0.05, 0) is 105 Å². The van der Waals surface area contributed by atoms with Gasteiger partial charge in [0.25, 0.3) is 17.7 Å². The third kappa shape index (κ3) is 6.44. The number of carbonyl (C=O) groups is 4. The molecule has 14 heteroatoms. The molecular weight excluding hydrogens is 658 g/mol. The topological polar surface area (TPSA) is 102 Å². The summed E-state index contributed by atoms with van der Waals surface area (Å²) in [5, 5.41) is 3.22. The molecule has 268 valence electrons. The van der Waals surface area contributed by atoms with Gasteiger partial charge < -0.3 is 10.1 Å². The number of allylic oxidation sites excluding steroid dienone is 1. The lowest BCUT2D eigenvalue weighted by molar-refractivity contribution is -0.179. The zero-order chi connectivity index (χ0) is 35.7. The van der Waals surface area contributed by atoms with E-state index in [4.69, 9.17) is 9.57 Å². The molecule has 5 aliphatic rings. The number of ether oxygens (including phenoxy) is 1. The molecule has 0 unspecified atom stereocenters. The number of fused-ring (bicyclic) bond motifs is 5. The van der Waals surface area contributed by atoms with Crippen LogP contribution in [0.15, 0.2) is 29.8 Å². The highest BCUT2D eigenvalue weighted by Gasteiger charge is 2.59. The van der Waals surface area contributed by atoms with E-state index in [1.165, 1.54) is 5.57 Å². The molecule has 49 heavy (non-hydrogen) atoms. The Bertz CT molecular complexity index is 1530. The van der Waals surface area contributed by atoms with Crippen molar-refractivity contribution in [1.82, 2.24) is 10.4 Å². The van der Waals surface area contributed by atoms with Crippen molar-refractivity contribution in [2.75, 3.05) is 0 Å². The van der Waals surface area contributed by atoms with Crippen molar-refractivity contribution < 1.29 is 55.1 Å². The van der Waals surface area contributed by atoms with Crippen LogP contribution < -0.4 is 5.32 Å². The van der Waals surface area contributed by atoms with Crippen LogP contribution in [0.5, 0.6) is 0 Å². The maximum Gasteiger partial charge on any atom is 0.534 e. The second-order valence-electron chi connectivity index (χ2n) is 15.0. The van der Waals surface area contributed by atoms with Gasteiger partial charge in [-0.2, -0.15) is 26.3 Å². The molecule has 0 bridgehead atoms. The standard InChI is InChI=1S/C35H40F6N2O6/c1-18(42-30(46)19-14-21(34(36,37)38)16-22(15-19)35(39,40)41)25-6-7-26-24-5-4-20-17-23(48-31(47)49-43-28(44)8-9-29(43)45)10-12-32(20,2)27(24)11-13-33(25,26)3/h4,14-16,18,23-27H,5-13,17H2,1-3H3,(H,42,46)/t18-,23-,24-,25+,26-,27-,32-,33+/m0/s1. The second-order valence-corrected chi connectivity index (χ2v) is 15.0. The van der Waals surface area contributed by atoms with E-state index >= 15 is 0 Å². The van der Waals surface area contributed by atoms with Gasteiger partial charge in [0.1, 0.15) is 6.10 Å². The number of hydrogen-bond donors (Lipinski definition) is 1. The molecule has 6 rings (SSSR count). The normalized spacial score (nSPS) is 33.6. The molecule has 1 aromatic rings. The number of carbonyl (C=O) groups excluding carboxylic acids is 4. The number of nitrogens with one attached hydrogen (secondary N) is 1. The molecule has 8 nitrogen and oxygen atoms in total. The van der Waals surface area contributed by atoms with Gasteiger partial charge in [0, 0.05) is 30.9 Å². The molecule has 1 aliphatic heterocycles. The summed E-state index contributed by atoms with van der Waals surface area (Å²) in [6.45, 7) is 6.24. The lowest BCUT2D eigenvalue weighted by Crippen LogP contribution is -2.52. The van der Waals surface area contributed by atoms with Gasteiger partial charge in [-0.15, -0.1) is 0 Å². The molecule has 1 heterocycles. The molecule has 0 aromatic heterocycles. The summed E-state index contributed by atoms with van der Waals surface area (Å²) < 4.78 is 86.0. The number of hydroxylamine groups is 2. The number of hydrogen-bond acceptors (Lipinski definition) is 6. The predicted molar refractivity (Wildman–Crippen MR) is 161 cm³/mol. The first-order valence-corrected chi connectivity index (χ1v) is 16.9. The zero-order valence-corrected chi connectivity index (χ0v) is 27.5. The van der Waals surface area contributed by atoms with Gasteiger partial charge in [-0.3, -0.25) is 19.2 Å². The number of imide groups is 1. The lowest BCUT2D eigenvalue weighted by atomic mass is 9.47. The van der Waals surface area contributed by atoms with Gasteiger partial charge in [-0.25, -0.2) is 4.79 Å². The highest BCUT2D eigenvalue weighted by atomic mass is 19.4. The summed E-state index contributed by atoms with van der Waals surface area (Å²) in [5.74, 6) is -1.10. The minimum absolute atomic E-state index is 0.0103. The van der Waals surface area contributed by atoms with E-state index in [1.807, 2.05) is 0 Å². The first kappa shape index (κ1) is 35.3. The molecule has 3 saturated carbocycles. The van der Waals surface area contributed by atoms with Crippen LogP contribution in [-0.4, -0.2) is 41.1 Å². The Morgan fingerprint density at radius 1 is 0.898 bits per heavy atom. The predicted octanol–water partition coefficient (Wildman–Crippen LogP) is 8.01. The average molecular weight is 699 g/mol. The summed E-state index contributed by atoms with van der Waals surface area (Å²) in [6, 6.07) is 0.465. The van der Waals surface area contributed by atoms with Crippen molar-refractivity contribution >= 4 is 23.9 Å². The molecule has 1 saturated heterocycles. The number of amides is 3. The van der Waals surface area contributed by atoms with Gasteiger partial charge in [0.15, 0.2) is 0 Å². The van der Waals surface area contributed by atoms with Crippen molar-refractivity contribution in [3.8, 4) is 0 Å².